The van der Waals surface area contributed by atoms with Crippen molar-refractivity contribution in [3.8, 4) is 0 Å². The molecule has 0 aliphatic carbocycles. The Bertz CT molecular complexity index is 600. The zero-order chi connectivity index (χ0) is 13.8. The Morgan fingerprint density at radius 3 is 2.95 bits per heavy atom. The van der Waals surface area contributed by atoms with Gasteiger partial charge in [0, 0.05) is 47.9 Å². The van der Waals surface area contributed by atoms with E-state index in [9.17, 15) is 4.21 Å². The summed E-state index contributed by atoms with van der Waals surface area (Å²) in [6.07, 6.45) is 4.84. The summed E-state index contributed by atoms with van der Waals surface area (Å²) < 4.78 is 13.2. The number of fused-ring (bicyclic) bond motifs is 1. The van der Waals surface area contributed by atoms with Crippen LogP contribution in [0.25, 0.3) is 11.2 Å². The molecule has 1 unspecified atom stereocenters. The summed E-state index contributed by atoms with van der Waals surface area (Å²) in [6, 6.07) is 1.80. The first-order valence-corrected chi connectivity index (χ1v) is 8.62. The van der Waals surface area contributed by atoms with Gasteiger partial charge in [0.2, 0.25) is 0 Å². The predicted octanol–water partition coefficient (Wildman–Crippen LogP) is 2.63. The molecule has 1 atom stereocenters. The molecule has 0 saturated heterocycles. The first-order valence-electron chi connectivity index (χ1n) is 5.98. The highest BCUT2D eigenvalue weighted by atomic mass is 35.5. The lowest BCUT2D eigenvalue weighted by Gasteiger charge is -2.07. The second-order valence-corrected chi connectivity index (χ2v) is 6.61. The summed E-state index contributed by atoms with van der Waals surface area (Å²) in [5.74, 6) is 2.09. The minimum absolute atomic E-state index is 0.511. The fraction of sp³-hybridized carbons (Fsp3) is 0.500. The third kappa shape index (κ3) is 3.68. The van der Waals surface area contributed by atoms with Gasteiger partial charge in [0.15, 0.2) is 5.65 Å². The molecule has 0 bridgehead atoms. The summed E-state index contributed by atoms with van der Waals surface area (Å²) in [5.41, 5.74) is 1.59. The van der Waals surface area contributed by atoms with Crippen molar-refractivity contribution in [2.75, 3.05) is 17.9 Å². The number of pyridine rings is 1. The van der Waals surface area contributed by atoms with Gasteiger partial charge in [0.05, 0.1) is 5.02 Å². The monoisotopic (exact) mass is 319 g/mol. The van der Waals surface area contributed by atoms with Crippen LogP contribution in [-0.4, -0.2) is 36.6 Å². The molecule has 0 N–H and O–H groups in total. The zero-order valence-electron chi connectivity index (χ0n) is 10.6. The van der Waals surface area contributed by atoms with Gasteiger partial charge in [0.25, 0.3) is 0 Å². The molecule has 104 valence electrons. The number of aromatic nitrogens is 3. The number of aryl methyl sites for hydroxylation is 2. The Kier molecular flexibility index (Phi) is 5.19. The summed E-state index contributed by atoms with van der Waals surface area (Å²) in [4.78, 5) is 8.85. The third-order valence-corrected chi connectivity index (χ3v) is 4.02. The van der Waals surface area contributed by atoms with Crippen LogP contribution in [-0.2, 0) is 23.8 Å². The highest BCUT2D eigenvalue weighted by molar-refractivity contribution is 7.84. The quantitative estimate of drug-likeness (QED) is 0.769. The van der Waals surface area contributed by atoms with Crippen LogP contribution in [0.2, 0.25) is 5.02 Å². The summed E-state index contributed by atoms with van der Waals surface area (Å²) in [6.45, 7) is 0.747. The first kappa shape index (κ1) is 14.8. The van der Waals surface area contributed by atoms with E-state index in [2.05, 4.69) is 9.97 Å². The molecule has 0 aliphatic rings. The van der Waals surface area contributed by atoms with E-state index >= 15 is 0 Å². The van der Waals surface area contributed by atoms with E-state index in [-0.39, 0.29) is 0 Å². The number of alkyl halides is 1. The van der Waals surface area contributed by atoms with Gasteiger partial charge in [-0.3, -0.25) is 4.21 Å². The molecule has 2 aromatic heterocycles. The lowest BCUT2D eigenvalue weighted by atomic mass is 10.4. The van der Waals surface area contributed by atoms with Crippen molar-refractivity contribution in [2.24, 2.45) is 0 Å². The van der Waals surface area contributed by atoms with Crippen LogP contribution in [0.4, 0.5) is 0 Å². The standard InChI is InChI=1S/C12H15Cl2N3OS/c1-19(18)6-2-5-17-11(3-4-13)16-10-7-9(14)8-15-12(10)17/h7-8H,2-6H2,1H3. The molecule has 19 heavy (non-hydrogen) atoms. The molecule has 0 spiro atoms. The van der Waals surface area contributed by atoms with Crippen molar-refractivity contribution in [3.63, 3.8) is 0 Å². The van der Waals surface area contributed by atoms with E-state index in [1.165, 1.54) is 0 Å². The van der Waals surface area contributed by atoms with E-state index in [0.717, 1.165) is 30.0 Å². The average Bonchev–Trinajstić information content (AvgIpc) is 2.66. The molecular formula is C12H15Cl2N3OS. The number of rotatable bonds is 6. The van der Waals surface area contributed by atoms with Crippen molar-refractivity contribution >= 4 is 45.2 Å². The fourth-order valence-electron chi connectivity index (χ4n) is 1.97. The maximum atomic E-state index is 11.1. The second-order valence-electron chi connectivity index (χ2n) is 4.25. The van der Waals surface area contributed by atoms with E-state index in [4.69, 9.17) is 23.2 Å². The fourth-order valence-corrected chi connectivity index (χ4v) is 2.83. The van der Waals surface area contributed by atoms with E-state index in [1.807, 2.05) is 4.57 Å². The van der Waals surface area contributed by atoms with Gasteiger partial charge in [0.1, 0.15) is 11.3 Å². The lowest BCUT2D eigenvalue weighted by Crippen LogP contribution is -2.08. The highest BCUT2D eigenvalue weighted by Gasteiger charge is 2.11. The Morgan fingerprint density at radius 1 is 1.47 bits per heavy atom. The number of imidazole rings is 1. The minimum Gasteiger partial charge on any atom is -0.313 e. The molecule has 7 heteroatoms. The SMILES string of the molecule is CS(=O)CCCn1c(CCCl)nc2cc(Cl)cnc21. The first-order chi connectivity index (χ1) is 9.11. The van der Waals surface area contributed by atoms with Crippen LogP contribution in [0.1, 0.15) is 12.2 Å². The summed E-state index contributed by atoms with van der Waals surface area (Å²) >= 11 is 11.7. The molecule has 0 radical (unpaired) electrons. The van der Waals surface area contributed by atoms with Crippen LogP contribution in [0, 0.1) is 0 Å². The van der Waals surface area contributed by atoms with Crippen LogP contribution in [0.15, 0.2) is 12.3 Å². The molecule has 2 aromatic rings. The summed E-state index contributed by atoms with van der Waals surface area (Å²) in [5, 5.41) is 0.573. The van der Waals surface area contributed by atoms with Gasteiger partial charge in [-0.15, -0.1) is 11.6 Å². The maximum absolute atomic E-state index is 11.1. The number of halogens is 2. The average molecular weight is 320 g/mol. The Labute approximate surface area is 124 Å². The predicted molar refractivity (Wildman–Crippen MR) is 80.5 cm³/mol. The van der Waals surface area contributed by atoms with Crippen molar-refractivity contribution in [3.05, 3.63) is 23.1 Å². The molecule has 4 nitrogen and oxygen atoms in total. The Morgan fingerprint density at radius 2 is 2.26 bits per heavy atom. The van der Waals surface area contributed by atoms with Crippen molar-refractivity contribution < 1.29 is 4.21 Å². The topological polar surface area (TPSA) is 47.8 Å². The van der Waals surface area contributed by atoms with E-state index in [0.29, 0.717) is 23.1 Å². The van der Waals surface area contributed by atoms with Crippen molar-refractivity contribution in [1.29, 1.82) is 0 Å². The maximum Gasteiger partial charge on any atom is 0.160 e. The smallest absolute Gasteiger partial charge is 0.160 e. The molecule has 2 heterocycles. The molecule has 0 fully saturated rings. The van der Waals surface area contributed by atoms with Gasteiger partial charge in [-0.05, 0) is 12.5 Å². The van der Waals surface area contributed by atoms with Gasteiger partial charge in [-0.1, -0.05) is 11.6 Å². The normalized spacial score (nSPS) is 13.0. The van der Waals surface area contributed by atoms with Gasteiger partial charge < -0.3 is 4.57 Å². The Hall–Kier alpha value is -0.650. The molecular weight excluding hydrogens is 305 g/mol. The van der Waals surface area contributed by atoms with Crippen LogP contribution in [0.3, 0.4) is 0 Å². The third-order valence-electron chi connectivity index (χ3n) is 2.76. The number of hydrogen-bond acceptors (Lipinski definition) is 3. The Balaban J connectivity index is 2.31. The van der Waals surface area contributed by atoms with Crippen LogP contribution < -0.4 is 0 Å². The largest absolute Gasteiger partial charge is 0.313 e. The van der Waals surface area contributed by atoms with Crippen LogP contribution in [0.5, 0.6) is 0 Å². The minimum atomic E-state index is -0.776. The molecule has 0 aliphatic heterocycles. The molecule has 0 saturated carbocycles. The van der Waals surface area contributed by atoms with Crippen LogP contribution >= 0.6 is 23.2 Å². The lowest BCUT2D eigenvalue weighted by molar-refractivity contribution is 0.647. The number of nitrogens with zero attached hydrogens (tertiary/aromatic N) is 3. The second kappa shape index (κ2) is 6.68. The van der Waals surface area contributed by atoms with Gasteiger partial charge >= 0.3 is 0 Å². The van der Waals surface area contributed by atoms with Crippen molar-refractivity contribution in [1.82, 2.24) is 14.5 Å². The summed E-state index contributed by atoms with van der Waals surface area (Å²) in [7, 11) is -0.776. The molecule has 2 rings (SSSR count). The van der Waals surface area contributed by atoms with Crippen molar-refractivity contribution in [2.45, 2.75) is 19.4 Å². The van der Waals surface area contributed by atoms with Gasteiger partial charge in [-0.25, -0.2) is 9.97 Å². The van der Waals surface area contributed by atoms with E-state index < -0.39 is 10.8 Å². The van der Waals surface area contributed by atoms with Gasteiger partial charge in [-0.2, -0.15) is 0 Å². The highest BCUT2D eigenvalue weighted by Crippen LogP contribution is 2.19. The van der Waals surface area contributed by atoms with E-state index in [1.54, 1.807) is 18.5 Å². The zero-order valence-corrected chi connectivity index (χ0v) is 12.9. The number of hydrogen-bond donors (Lipinski definition) is 0. The molecule has 0 aromatic carbocycles. The molecule has 0 amide bonds.